The fraction of sp³-hybridized carbons (Fsp3) is 0.538. The van der Waals surface area contributed by atoms with Crippen molar-refractivity contribution < 1.29 is 14.7 Å². The van der Waals surface area contributed by atoms with Gasteiger partial charge in [-0.2, -0.15) is 0 Å². The second kappa shape index (κ2) is 8.78. The summed E-state index contributed by atoms with van der Waals surface area (Å²) in [4.78, 5) is 24.0. The number of amides is 1. The van der Waals surface area contributed by atoms with Crippen LogP contribution in [0.2, 0.25) is 0 Å². The van der Waals surface area contributed by atoms with Gasteiger partial charge in [-0.25, -0.2) is 0 Å². The highest BCUT2D eigenvalue weighted by Crippen LogP contribution is 2.61. The molecule has 0 unspecified atom stereocenters. The van der Waals surface area contributed by atoms with Gasteiger partial charge in [-0.1, -0.05) is 37.6 Å². The molecule has 1 aromatic carbocycles. The van der Waals surface area contributed by atoms with E-state index in [0.29, 0.717) is 18.3 Å². The number of hydrogen-bond acceptors (Lipinski definition) is 3. The van der Waals surface area contributed by atoms with Crippen LogP contribution in [0, 0.1) is 30.1 Å². The highest BCUT2D eigenvalue weighted by atomic mass is 32.1. The SMILES string of the molecule is Cc1ccc2scc(C(=O)N[C@H]3[C@@H](CC=CCCCC(=O)O)C[C@@H]4C[C@H]3C4(C)C)c2c1. The van der Waals surface area contributed by atoms with E-state index >= 15 is 0 Å². The Labute approximate surface area is 188 Å². The number of allylic oxidation sites excluding steroid dienone is 2. The predicted octanol–water partition coefficient (Wildman–Crippen LogP) is 6.19. The molecule has 0 radical (unpaired) electrons. The van der Waals surface area contributed by atoms with Gasteiger partial charge in [-0.15, -0.1) is 11.3 Å². The van der Waals surface area contributed by atoms with Gasteiger partial charge < -0.3 is 10.4 Å². The van der Waals surface area contributed by atoms with Crippen molar-refractivity contribution in [3.8, 4) is 0 Å². The Morgan fingerprint density at radius 2 is 2.06 bits per heavy atom. The molecule has 1 aromatic heterocycles. The molecule has 1 heterocycles. The molecule has 3 saturated carbocycles. The molecular formula is C26H33NO3S. The average molecular weight is 440 g/mol. The Kier molecular flexibility index (Phi) is 6.25. The van der Waals surface area contributed by atoms with Crippen LogP contribution in [0.5, 0.6) is 0 Å². The van der Waals surface area contributed by atoms with Crippen LogP contribution < -0.4 is 5.32 Å². The van der Waals surface area contributed by atoms with Crippen molar-refractivity contribution in [2.24, 2.45) is 23.2 Å². The van der Waals surface area contributed by atoms with E-state index in [1.54, 1.807) is 11.3 Å². The summed E-state index contributed by atoms with van der Waals surface area (Å²) in [5.74, 6) is 1.02. The molecule has 3 fully saturated rings. The van der Waals surface area contributed by atoms with Crippen LogP contribution >= 0.6 is 11.3 Å². The van der Waals surface area contributed by atoms with E-state index < -0.39 is 5.97 Å². The van der Waals surface area contributed by atoms with Gasteiger partial charge in [0, 0.05) is 27.9 Å². The van der Waals surface area contributed by atoms with Gasteiger partial charge in [0.25, 0.3) is 5.91 Å². The number of aryl methyl sites for hydroxylation is 1. The number of carboxylic acid groups (broad SMARTS) is 1. The number of hydrogen-bond donors (Lipinski definition) is 2. The Hall–Kier alpha value is -2.14. The first-order chi connectivity index (χ1) is 14.8. The number of fused-ring (bicyclic) bond motifs is 3. The molecule has 2 N–H and O–H groups in total. The van der Waals surface area contributed by atoms with Crippen LogP contribution in [-0.4, -0.2) is 23.0 Å². The lowest BCUT2D eigenvalue weighted by Gasteiger charge is -2.62. The zero-order valence-corrected chi connectivity index (χ0v) is 19.5. The van der Waals surface area contributed by atoms with Crippen molar-refractivity contribution in [2.75, 3.05) is 0 Å². The first-order valence-electron chi connectivity index (χ1n) is 11.4. The molecule has 5 heteroatoms. The van der Waals surface area contributed by atoms with Crippen molar-refractivity contribution in [1.82, 2.24) is 5.32 Å². The molecule has 31 heavy (non-hydrogen) atoms. The van der Waals surface area contributed by atoms with Gasteiger partial charge in [-0.05, 0) is 74.3 Å². The Balaban J connectivity index is 1.46. The minimum absolute atomic E-state index is 0.0541. The summed E-state index contributed by atoms with van der Waals surface area (Å²) in [6, 6.07) is 6.50. The van der Waals surface area contributed by atoms with Crippen LogP contribution in [0.3, 0.4) is 0 Å². The first-order valence-corrected chi connectivity index (χ1v) is 12.3. The molecule has 0 saturated heterocycles. The largest absolute Gasteiger partial charge is 0.481 e. The van der Waals surface area contributed by atoms with Gasteiger partial charge in [-0.3, -0.25) is 9.59 Å². The summed E-state index contributed by atoms with van der Waals surface area (Å²) in [6.07, 6.45) is 9.32. The third kappa shape index (κ3) is 4.43. The third-order valence-corrected chi connectivity index (χ3v) is 8.68. The van der Waals surface area contributed by atoms with E-state index in [1.807, 2.05) is 5.38 Å². The second-order valence-corrected chi connectivity index (χ2v) is 10.9. The molecule has 5 rings (SSSR count). The average Bonchev–Trinajstić information content (AvgIpc) is 3.13. The maximum Gasteiger partial charge on any atom is 0.303 e. The maximum atomic E-state index is 13.3. The van der Waals surface area contributed by atoms with Gasteiger partial charge in [0.05, 0.1) is 5.56 Å². The van der Waals surface area contributed by atoms with Crippen LogP contribution in [0.15, 0.2) is 35.7 Å². The lowest BCUT2D eigenvalue weighted by atomic mass is 9.44. The number of carbonyl (C=O) groups excluding carboxylic acids is 1. The topological polar surface area (TPSA) is 66.4 Å². The molecular weight excluding hydrogens is 406 g/mol. The zero-order chi connectivity index (χ0) is 22.2. The van der Waals surface area contributed by atoms with Gasteiger partial charge in [0.15, 0.2) is 0 Å². The molecule has 4 atom stereocenters. The number of nitrogens with one attached hydrogen (secondary N) is 1. The van der Waals surface area contributed by atoms with Gasteiger partial charge >= 0.3 is 5.97 Å². The highest BCUT2D eigenvalue weighted by Gasteiger charge is 2.57. The number of carboxylic acids is 1. The van der Waals surface area contributed by atoms with E-state index in [1.165, 1.54) is 12.0 Å². The Morgan fingerprint density at radius 1 is 1.26 bits per heavy atom. The fourth-order valence-electron chi connectivity index (χ4n) is 5.68. The molecule has 3 aliphatic rings. The summed E-state index contributed by atoms with van der Waals surface area (Å²) >= 11 is 1.63. The van der Waals surface area contributed by atoms with Gasteiger partial charge in [0.1, 0.15) is 0 Å². The van der Waals surface area contributed by atoms with E-state index in [0.717, 1.165) is 40.8 Å². The van der Waals surface area contributed by atoms with Gasteiger partial charge in [0.2, 0.25) is 0 Å². The Bertz CT molecular complexity index is 1010. The monoisotopic (exact) mass is 439 g/mol. The summed E-state index contributed by atoms with van der Waals surface area (Å²) < 4.78 is 1.16. The first kappa shape index (κ1) is 22.1. The number of unbranched alkanes of at least 4 members (excludes halogenated alkanes) is 1. The molecule has 4 nitrogen and oxygen atoms in total. The number of rotatable bonds is 8. The van der Waals surface area contributed by atoms with E-state index in [4.69, 9.17) is 5.11 Å². The van der Waals surface area contributed by atoms with E-state index in [2.05, 4.69) is 56.4 Å². The molecule has 3 aliphatic carbocycles. The van der Waals surface area contributed by atoms with Crippen LogP contribution in [0.4, 0.5) is 0 Å². The van der Waals surface area contributed by atoms with Crippen molar-refractivity contribution in [3.05, 3.63) is 46.9 Å². The lowest BCUT2D eigenvalue weighted by Crippen LogP contribution is -2.63. The molecule has 166 valence electrons. The van der Waals surface area contributed by atoms with Crippen LogP contribution in [0.25, 0.3) is 10.1 Å². The normalized spacial score (nSPS) is 26.7. The molecule has 2 bridgehead atoms. The summed E-state index contributed by atoms with van der Waals surface area (Å²) in [7, 11) is 0. The molecule has 0 spiro atoms. The second-order valence-electron chi connectivity index (χ2n) is 10.00. The maximum absolute atomic E-state index is 13.3. The van der Waals surface area contributed by atoms with Crippen molar-refractivity contribution in [1.29, 1.82) is 0 Å². The van der Waals surface area contributed by atoms with Crippen LogP contribution in [-0.2, 0) is 4.79 Å². The zero-order valence-electron chi connectivity index (χ0n) is 18.7. The highest BCUT2D eigenvalue weighted by molar-refractivity contribution is 7.17. The van der Waals surface area contributed by atoms with E-state index in [-0.39, 0.29) is 23.8 Å². The molecule has 0 aliphatic heterocycles. The smallest absolute Gasteiger partial charge is 0.303 e. The minimum atomic E-state index is -0.734. The number of benzene rings is 1. The van der Waals surface area contributed by atoms with Crippen molar-refractivity contribution >= 4 is 33.3 Å². The Morgan fingerprint density at radius 3 is 2.81 bits per heavy atom. The quantitative estimate of drug-likeness (QED) is 0.381. The summed E-state index contributed by atoms with van der Waals surface area (Å²) in [5.41, 5.74) is 2.25. The number of carbonyl (C=O) groups is 2. The van der Waals surface area contributed by atoms with Crippen LogP contribution in [0.1, 0.15) is 68.3 Å². The minimum Gasteiger partial charge on any atom is -0.481 e. The number of thiophene rings is 1. The molecule has 1 amide bonds. The third-order valence-electron chi connectivity index (χ3n) is 7.71. The fourth-order valence-corrected chi connectivity index (χ4v) is 6.60. The van der Waals surface area contributed by atoms with Crippen molar-refractivity contribution in [2.45, 2.75) is 65.3 Å². The standard InChI is InChI=1S/C26H33NO3S/c1-16-10-11-22-19(12-16)20(15-31-22)25(30)27-24-17(8-6-4-5-7-9-23(28)29)13-18-14-21(24)26(18,2)3/h4,6,10-12,15,17-18,21,24H,5,7-9,13-14H2,1-3H3,(H,27,30)(H,28,29)/t17-,18+,21+,24-/m0/s1. The lowest BCUT2D eigenvalue weighted by molar-refractivity contribution is -0.137. The summed E-state index contributed by atoms with van der Waals surface area (Å²) in [6.45, 7) is 6.77. The summed E-state index contributed by atoms with van der Waals surface area (Å²) in [5, 5.41) is 15.3. The van der Waals surface area contributed by atoms with E-state index in [9.17, 15) is 9.59 Å². The van der Waals surface area contributed by atoms with Crippen molar-refractivity contribution in [3.63, 3.8) is 0 Å². The number of aliphatic carboxylic acids is 1. The molecule has 2 aromatic rings. The predicted molar refractivity (Wildman–Crippen MR) is 127 cm³/mol.